The maximum absolute atomic E-state index is 12.4. The van der Waals surface area contributed by atoms with Crippen molar-refractivity contribution in [1.82, 2.24) is 0 Å². The molecule has 1 atom stereocenters. The van der Waals surface area contributed by atoms with E-state index in [2.05, 4.69) is 5.32 Å². The fraction of sp³-hybridized carbons (Fsp3) is 0.235. The fourth-order valence-corrected chi connectivity index (χ4v) is 2.51. The number of carbonyl (C=O) groups is 1. The third kappa shape index (κ3) is 2.90. The van der Waals surface area contributed by atoms with Gasteiger partial charge in [-0.25, -0.2) is 0 Å². The fourth-order valence-electron chi connectivity index (χ4n) is 2.51. The van der Waals surface area contributed by atoms with E-state index in [4.69, 9.17) is 4.74 Å². The van der Waals surface area contributed by atoms with Crippen molar-refractivity contribution in [2.45, 2.75) is 13.0 Å². The summed E-state index contributed by atoms with van der Waals surface area (Å²) in [7, 11) is 0. The van der Waals surface area contributed by atoms with Crippen molar-refractivity contribution >= 4 is 11.6 Å². The van der Waals surface area contributed by atoms with Crippen LogP contribution in [0.3, 0.4) is 0 Å². The van der Waals surface area contributed by atoms with Crippen LogP contribution in [0, 0.1) is 5.92 Å². The van der Waals surface area contributed by atoms with Crippen molar-refractivity contribution in [3.8, 4) is 5.75 Å². The molecule has 0 saturated carbocycles. The Bertz CT molecular complexity index is 654. The second-order valence-electron chi connectivity index (χ2n) is 5.12. The summed E-state index contributed by atoms with van der Waals surface area (Å²) >= 11 is 0. The molecule has 1 aliphatic rings. The van der Waals surface area contributed by atoms with E-state index < -0.39 is 0 Å². The standard InChI is InChI=1S/C17H17NO3/c19-10-13-6-1-3-7-15(13)18-17(20)14-9-12-5-2-4-8-16(12)21-11-14/h1-8,14,19H,9-11H2,(H,18,20). The molecule has 4 heteroatoms. The number of hydrogen-bond donors (Lipinski definition) is 2. The number of rotatable bonds is 3. The summed E-state index contributed by atoms with van der Waals surface area (Å²) in [5.41, 5.74) is 2.42. The third-order valence-electron chi connectivity index (χ3n) is 3.70. The van der Waals surface area contributed by atoms with Crippen molar-refractivity contribution in [2.24, 2.45) is 5.92 Å². The van der Waals surface area contributed by atoms with Gasteiger partial charge in [0.2, 0.25) is 5.91 Å². The highest BCUT2D eigenvalue weighted by atomic mass is 16.5. The molecule has 2 aromatic carbocycles. The van der Waals surface area contributed by atoms with Gasteiger partial charge in [-0.15, -0.1) is 0 Å². The van der Waals surface area contributed by atoms with Gasteiger partial charge in [-0.05, 0) is 24.1 Å². The number of nitrogens with one attached hydrogen (secondary N) is 1. The number of amides is 1. The van der Waals surface area contributed by atoms with E-state index in [0.717, 1.165) is 11.3 Å². The lowest BCUT2D eigenvalue weighted by Crippen LogP contribution is -2.32. The zero-order chi connectivity index (χ0) is 14.7. The quantitative estimate of drug-likeness (QED) is 0.909. The average molecular weight is 283 g/mol. The van der Waals surface area contributed by atoms with Gasteiger partial charge in [-0.1, -0.05) is 36.4 Å². The van der Waals surface area contributed by atoms with Crippen LogP contribution in [-0.2, 0) is 17.8 Å². The Kier molecular flexibility index (Phi) is 3.88. The predicted octanol–water partition coefficient (Wildman–Crippen LogP) is 2.37. The van der Waals surface area contributed by atoms with Gasteiger partial charge in [-0.2, -0.15) is 0 Å². The topological polar surface area (TPSA) is 58.6 Å². The van der Waals surface area contributed by atoms with E-state index in [1.165, 1.54) is 0 Å². The van der Waals surface area contributed by atoms with Gasteiger partial charge in [0.05, 0.1) is 12.5 Å². The van der Waals surface area contributed by atoms with Gasteiger partial charge < -0.3 is 15.2 Å². The van der Waals surface area contributed by atoms with Crippen LogP contribution in [-0.4, -0.2) is 17.6 Å². The van der Waals surface area contributed by atoms with Crippen LogP contribution in [0.4, 0.5) is 5.69 Å². The van der Waals surface area contributed by atoms with Crippen LogP contribution in [0.2, 0.25) is 0 Å². The summed E-state index contributed by atoms with van der Waals surface area (Å²) in [6.07, 6.45) is 0.670. The lowest BCUT2D eigenvalue weighted by atomic mass is 9.96. The number of aliphatic hydroxyl groups excluding tert-OH is 1. The first-order chi connectivity index (χ1) is 10.3. The van der Waals surface area contributed by atoms with Gasteiger partial charge >= 0.3 is 0 Å². The van der Waals surface area contributed by atoms with Gasteiger partial charge in [0, 0.05) is 11.3 Å². The minimum atomic E-state index is -0.216. The molecule has 1 unspecified atom stereocenters. The molecular formula is C17H17NO3. The zero-order valence-corrected chi connectivity index (χ0v) is 11.6. The minimum Gasteiger partial charge on any atom is -0.492 e. The largest absolute Gasteiger partial charge is 0.492 e. The molecule has 0 aromatic heterocycles. The molecule has 0 fully saturated rings. The summed E-state index contributed by atoms with van der Waals surface area (Å²) in [4.78, 5) is 12.4. The van der Waals surface area contributed by atoms with E-state index in [-0.39, 0.29) is 18.4 Å². The van der Waals surface area contributed by atoms with E-state index in [1.54, 1.807) is 12.1 Å². The first-order valence-corrected chi connectivity index (χ1v) is 6.98. The maximum Gasteiger partial charge on any atom is 0.231 e. The molecule has 21 heavy (non-hydrogen) atoms. The highest BCUT2D eigenvalue weighted by Gasteiger charge is 2.26. The Hall–Kier alpha value is -2.33. The first kappa shape index (κ1) is 13.6. The second kappa shape index (κ2) is 5.97. The van der Waals surface area contributed by atoms with Gasteiger partial charge in [0.25, 0.3) is 0 Å². The number of fused-ring (bicyclic) bond motifs is 1. The highest BCUT2D eigenvalue weighted by Crippen LogP contribution is 2.27. The van der Waals surface area contributed by atoms with E-state index in [0.29, 0.717) is 24.3 Å². The van der Waals surface area contributed by atoms with Gasteiger partial charge in [0.15, 0.2) is 0 Å². The predicted molar refractivity (Wildman–Crippen MR) is 80.1 cm³/mol. The molecular weight excluding hydrogens is 266 g/mol. The van der Waals surface area contributed by atoms with Crippen molar-refractivity contribution in [3.63, 3.8) is 0 Å². The molecule has 1 amide bonds. The summed E-state index contributed by atoms with van der Waals surface area (Å²) < 4.78 is 5.64. The van der Waals surface area contributed by atoms with Crippen molar-refractivity contribution in [1.29, 1.82) is 0 Å². The molecule has 0 radical (unpaired) electrons. The number of anilines is 1. The van der Waals surface area contributed by atoms with Crippen LogP contribution < -0.4 is 10.1 Å². The van der Waals surface area contributed by atoms with Gasteiger partial charge in [-0.3, -0.25) is 4.79 Å². The molecule has 0 aliphatic carbocycles. The number of hydrogen-bond acceptors (Lipinski definition) is 3. The molecule has 2 N–H and O–H groups in total. The summed E-state index contributed by atoms with van der Waals surface area (Å²) in [6.45, 7) is 0.282. The number of carbonyl (C=O) groups excluding carboxylic acids is 1. The SMILES string of the molecule is O=C(Nc1ccccc1CO)C1COc2ccccc2C1. The Labute approximate surface area is 123 Å². The molecule has 4 nitrogen and oxygen atoms in total. The molecule has 3 rings (SSSR count). The Balaban J connectivity index is 1.72. The van der Waals surface area contributed by atoms with Crippen LogP contribution in [0.15, 0.2) is 48.5 Å². The molecule has 0 bridgehead atoms. The lowest BCUT2D eigenvalue weighted by molar-refractivity contribution is -0.121. The second-order valence-corrected chi connectivity index (χ2v) is 5.12. The minimum absolute atomic E-state index is 0.0783. The lowest BCUT2D eigenvalue weighted by Gasteiger charge is -2.24. The summed E-state index contributed by atoms with van der Waals surface area (Å²) in [5, 5.41) is 12.2. The highest BCUT2D eigenvalue weighted by molar-refractivity contribution is 5.93. The third-order valence-corrected chi connectivity index (χ3v) is 3.70. The van der Waals surface area contributed by atoms with Crippen molar-refractivity contribution < 1.29 is 14.6 Å². The van der Waals surface area contributed by atoms with Crippen LogP contribution in [0.1, 0.15) is 11.1 Å². The summed E-state index contributed by atoms with van der Waals surface area (Å²) in [6, 6.07) is 15.0. The van der Waals surface area contributed by atoms with E-state index >= 15 is 0 Å². The van der Waals surface area contributed by atoms with Gasteiger partial charge in [0.1, 0.15) is 12.4 Å². The number of benzene rings is 2. The number of para-hydroxylation sites is 2. The van der Waals surface area contributed by atoms with Crippen molar-refractivity contribution in [3.05, 3.63) is 59.7 Å². The smallest absolute Gasteiger partial charge is 0.231 e. The normalized spacial score (nSPS) is 16.7. The number of ether oxygens (including phenoxy) is 1. The molecule has 0 saturated heterocycles. The van der Waals surface area contributed by atoms with Crippen molar-refractivity contribution in [2.75, 3.05) is 11.9 Å². The molecule has 2 aromatic rings. The molecule has 1 aliphatic heterocycles. The van der Waals surface area contributed by atoms with E-state index in [9.17, 15) is 9.90 Å². The Morgan fingerprint density at radius 2 is 1.95 bits per heavy atom. The summed E-state index contributed by atoms with van der Waals surface area (Å²) in [5.74, 6) is 0.564. The maximum atomic E-state index is 12.4. The van der Waals surface area contributed by atoms with E-state index in [1.807, 2.05) is 36.4 Å². The van der Waals surface area contributed by atoms with Crippen LogP contribution >= 0.6 is 0 Å². The average Bonchev–Trinajstić information content (AvgIpc) is 2.55. The number of aliphatic hydroxyl groups is 1. The molecule has 0 spiro atoms. The Morgan fingerprint density at radius 1 is 1.19 bits per heavy atom. The molecule has 1 heterocycles. The van der Waals surface area contributed by atoms with Crippen LogP contribution in [0.25, 0.3) is 0 Å². The zero-order valence-electron chi connectivity index (χ0n) is 11.6. The Morgan fingerprint density at radius 3 is 2.81 bits per heavy atom. The first-order valence-electron chi connectivity index (χ1n) is 6.98. The monoisotopic (exact) mass is 283 g/mol. The van der Waals surface area contributed by atoms with Crippen LogP contribution in [0.5, 0.6) is 5.75 Å². The molecule has 108 valence electrons.